The van der Waals surface area contributed by atoms with Crippen LogP contribution in [-0.4, -0.2) is 57.8 Å². The fraction of sp³-hybridized carbons (Fsp3) is 0.400. The first-order valence-electron chi connectivity index (χ1n) is 9.93. The van der Waals surface area contributed by atoms with Crippen LogP contribution in [0.2, 0.25) is 0 Å². The van der Waals surface area contributed by atoms with Crippen molar-refractivity contribution in [3.8, 4) is 17.0 Å². The first kappa shape index (κ1) is 21.1. The Balaban J connectivity index is 1.60. The summed E-state index contributed by atoms with van der Waals surface area (Å²) in [5, 5.41) is 18.1. The van der Waals surface area contributed by atoms with Crippen LogP contribution in [0.4, 0.5) is 5.82 Å². The molecule has 3 heterocycles. The SMILES string of the molecule is CCS(=O)(=O)N1CCCC(CNc2cc(-c3ccccc3O)nc3c(Br)cnn23)C1. The zero-order valence-corrected chi connectivity index (χ0v) is 19.0. The average Bonchev–Trinajstić information content (AvgIpc) is 3.13. The topological polar surface area (TPSA) is 99.8 Å². The van der Waals surface area contributed by atoms with E-state index >= 15 is 0 Å². The van der Waals surface area contributed by atoms with Gasteiger partial charge in [0.05, 0.1) is 22.1 Å². The summed E-state index contributed by atoms with van der Waals surface area (Å²) in [5.41, 5.74) is 1.90. The Morgan fingerprint density at radius 1 is 1.33 bits per heavy atom. The number of phenolic OH excluding ortho intramolecular Hbond substituents is 1. The number of nitrogens with one attached hydrogen (secondary N) is 1. The summed E-state index contributed by atoms with van der Waals surface area (Å²) < 4.78 is 28.5. The maximum Gasteiger partial charge on any atom is 0.213 e. The second kappa shape index (κ2) is 8.52. The van der Waals surface area contributed by atoms with Gasteiger partial charge in [-0.15, -0.1) is 0 Å². The quantitative estimate of drug-likeness (QED) is 0.546. The molecule has 10 heteroatoms. The van der Waals surface area contributed by atoms with E-state index in [2.05, 4.69) is 31.3 Å². The summed E-state index contributed by atoms with van der Waals surface area (Å²) in [6.07, 6.45) is 3.50. The number of sulfonamides is 1. The first-order valence-corrected chi connectivity index (χ1v) is 12.3. The zero-order valence-electron chi connectivity index (χ0n) is 16.6. The lowest BCUT2D eigenvalue weighted by Crippen LogP contribution is -2.42. The molecule has 1 atom stereocenters. The van der Waals surface area contributed by atoms with Gasteiger partial charge in [0.25, 0.3) is 0 Å². The molecule has 2 N–H and O–H groups in total. The molecule has 1 fully saturated rings. The average molecular weight is 494 g/mol. The van der Waals surface area contributed by atoms with Crippen molar-refractivity contribution in [2.45, 2.75) is 19.8 Å². The lowest BCUT2D eigenvalue weighted by atomic mass is 10.00. The van der Waals surface area contributed by atoms with Gasteiger partial charge in [0.1, 0.15) is 11.6 Å². The Morgan fingerprint density at radius 3 is 2.90 bits per heavy atom. The summed E-state index contributed by atoms with van der Waals surface area (Å²) >= 11 is 3.48. The van der Waals surface area contributed by atoms with Gasteiger partial charge in [-0.05, 0) is 53.7 Å². The highest BCUT2D eigenvalue weighted by Gasteiger charge is 2.27. The molecule has 1 unspecified atom stereocenters. The lowest BCUT2D eigenvalue weighted by Gasteiger charge is -2.32. The number of anilines is 1. The predicted octanol–water partition coefficient (Wildman–Crippen LogP) is 3.34. The monoisotopic (exact) mass is 493 g/mol. The molecule has 30 heavy (non-hydrogen) atoms. The van der Waals surface area contributed by atoms with Crippen LogP contribution in [0.1, 0.15) is 19.8 Å². The van der Waals surface area contributed by atoms with Crippen LogP contribution < -0.4 is 5.32 Å². The zero-order chi connectivity index (χ0) is 21.3. The van der Waals surface area contributed by atoms with Crippen LogP contribution in [0.15, 0.2) is 41.0 Å². The van der Waals surface area contributed by atoms with Crippen molar-refractivity contribution in [1.29, 1.82) is 0 Å². The van der Waals surface area contributed by atoms with E-state index in [0.29, 0.717) is 36.5 Å². The van der Waals surface area contributed by atoms with E-state index in [1.807, 2.05) is 18.2 Å². The maximum atomic E-state index is 12.2. The number of fused-ring (bicyclic) bond motifs is 1. The van der Waals surface area contributed by atoms with Crippen LogP contribution in [0, 0.1) is 5.92 Å². The highest BCUT2D eigenvalue weighted by molar-refractivity contribution is 9.10. The van der Waals surface area contributed by atoms with Gasteiger partial charge in [0.2, 0.25) is 10.0 Å². The van der Waals surface area contributed by atoms with Gasteiger partial charge in [-0.25, -0.2) is 17.7 Å². The molecule has 0 spiro atoms. The van der Waals surface area contributed by atoms with Crippen molar-refractivity contribution >= 4 is 37.4 Å². The van der Waals surface area contributed by atoms with Crippen molar-refractivity contribution < 1.29 is 13.5 Å². The van der Waals surface area contributed by atoms with Crippen molar-refractivity contribution in [3.05, 3.63) is 41.0 Å². The highest BCUT2D eigenvalue weighted by Crippen LogP contribution is 2.31. The molecule has 0 saturated carbocycles. The van der Waals surface area contributed by atoms with Gasteiger partial charge in [-0.2, -0.15) is 9.61 Å². The van der Waals surface area contributed by atoms with Crippen LogP contribution in [0.3, 0.4) is 0 Å². The Labute approximate surface area is 184 Å². The predicted molar refractivity (Wildman–Crippen MR) is 120 cm³/mol. The van der Waals surface area contributed by atoms with Gasteiger partial charge >= 0.3 is 0 Å². The highest BCUT2D eigenvalue weighted by atomic mass is 79.9. The summed E-state index contributed by atoms with van der Waals surface area (Å²) in [4.78, 5) is 4.64. The molecule has 4 rings (SSSR count). The number of benzene rings is 1. The number of phenols is 1. The molecule has 0 radical (unpaired) electrons. The second-order valence-corrected chi connectivity index (χ2v) is 10.5. The molecule has 160 valence electrons. The van der Waals surface area contributed by atoms with E-state index in [0.717, 1.165) is 23.1 Å². The normalized spacial score (nSPS) is 18.0. The Hall–Kier alpha value is -2.17. The molecule has 1 aliphatic rings. The fourth-order valence-electron chi connectivity index (χ4n) is 3.77. The number of hydrogen-bond donors (Lipinski definition) is 2. The summed E-state index contributed by atoms with van der Waals surface area (Å²) in [5.74, 6) is 1.22. The minimum absolute atomic E-state index is 0.128. The molecule has 1 aromatic carbocycles. The maximum absolute atomic E-state index is 12.2. The van der Waals surface area contributed by atoms with Crippen LogP contribution >= 0.6 is 15.9 Å². The van der Waals surface area contributed by atoms with Crippen molar-refractivity contribution in [1.82, 2.24) is 18.9 Å². The molecular formula is C20H24BrN5O3S. The van der Waals surface area contributed by atoms with Crippen molar-refractivity contribution in [2.24, 2.45) is 5.92 Å². The van der Waals surface area contributed by atoms with Gasteiger partial charge in [-0.3, -0.25) is 0 Å². The lowest BCUT2D eigenvalue weighted by molar-refractivity contribution is 0.275. The fourth-order valence-corrected chi connectivity index (χ4v) is 5.33. The Morgan fingerprint density at radius 2 is 2.13 bits per heavy atom. The molecule has 3 aromatic rings. The van der Waals surface area contributed by atoms with Gasteiger partial charge in [0.15, 0.2) is 5.65 Å². The molecule has 1 saturated heterocycles. The number of hydrogen-bond acceptors (Lipinski definition) is 6. The minimum atomic E-state index is -3.17. The van der Waals surface area contributed by atoms with E-state index < -0.39 is 10.0 Å². The Kier molecular flexibility index (Phi) is 5.99. The number of halogens is 1. The largest absolute Gasteiger partial charge is 0.507 e. The minimum Gasteiger partial charge on any atom is -0.507 e. The molecule has 0 aliphatic carbocycles. The number of rotatable bonds is 6. The second-order valence-electron chi connectivity index (χ2n) is 7.42. The molecule has 0 bridgehead atoms. The van der Waals surface area contributed by atoms with E-state index in [-0.39, 0.29) is 17.4 Å². The number of nitrogens with zero attached hydrogens (tertiary/aromatic N) is 4. The third-order valence-electron chi connectivity index (χ3n) is 5.42. The number of aromatic hydroxyl groups is 1. The third-order valence-corrected chi connectivity index (χ3v) is 7.83. The summed E-state index contributed by atoms with van der Waals surface area (Å²) in [6.45, 7) is 3.41. The van der Waals surface area contributed by atoms with E-state index in [9.17, 15) is 13.5 Å². The number of para-hydroxylation sites is 1. The van der Waals surface area contributed by atoms with E-state index in [1.54, 1.807) is 34.1 Å². The van der Waals surface area contributed by atoms with E-state index in [4.69, 9.17) is 0 Å². The molecule has 1 aliphatic heterocycles. The number of aromatic nitrogens is 3. The Bertz CT molecular complexity index is 1160. The smallest absolute Gasteiger partial charge is 0.213 e. The summed E-state index contributed by atoms with van der Waals surface area (Å²) in [6, 6.07) is 8.92. The van der Waals surface area contributed by atoms with E-state index in [1.165, 1.54) is 0 Å². The summed E-state index contributed by atoms with van der Waals surface area (Å²) in [7, 11) is -3.17. The first-order chi connectivity index (χ1) is 14.4. The molecular weight excluding hydrogens is 470 g/mol. The van der Waals surface area contributed by atoms with Crippen LogP contribution in [0.5, 0.6) is 5.75 Å². The molecule has 0 amide bonds. The van der Waals surface area contributed by atoms with Crippen molar-refractivity contribution in [2.75, 3.05) is 30.7 Å². The van der Waals surface area contributed by atoms with Gasteiger partial charge in [0, 0.05) is 31.3 Å². The van der Waals surface area contributed by atoms with Gasteiger partial charge < -0.3 is 10.4 Å². The van der Waals surface area contributed by atoms with Crippen LogP contribution in [-0.2, 0) is 10.0 Å². The standard InChI is InChI=1S/C20H24BrN5O3S/c1-2-30(28,29)25-9-5-6-14(13-25)11-22-19-10-17(15-7-3-4-8-18(15)27)24-20-16(21)12-23-26(19)20/h3-4,7-8,10,12,14,22,27H,2,5-6,9,11,13H2,1H3. The third kappa shape index (κ3) is 4.17. The molecule has 8 nitrogen and oxygen atoms in total. The van der Waals surface area contributed by atoms with Crippen molar-refractivity contribution in [3.63, 3.8) is 0 Å². The van der Waals surface area contributed by atoms with Gasteiger partial charge in [-0.1, -0.05) is 12.1 Å². The number of piperidine rings is 1. The molecule has 2 aromatic heterocycles. The van der Waals surface area contributed by atoms with Crippen LogP contribution in [0.25, 0.3) is 16.9 Å².